The minimum Gasteiger partial charge on any atom is -0.390 e. The summed E-state index contributed by atoms with van der Waals surface area (Å²) in [6.45, 7) is 3.30. The van der Waals surface area contributed by atoms with Crippen LogP contribution in [0.15, 0.2) is 60.9 Å². The molecule has 3 N–H and O–H groups in total. The molecular weight excluding hydrogens is 436 g/mol. The summed E-state index contributed by atoms with van der Waals surface area (Å²) in [6, 6.07) is 16.5. The molecular formula is C25H30N4O3S. The summed E-state index contributed by atoms with van der Waals surface area (Å²) < 4.78 is 24.3. The van der Waals surface area contributed by atoms with E-state index in [2.05, 4.69) is 45.2 Å². The van der Waals surface area contributed by atoms with Crippen molar-refractivity contribution < 1.29 is 13.9 Å². The van der Waals surface area contributed by atoms with Gasteiger partial charge in [0.25, 0.3) is 0 Å². The zero-order chi connectivity index (χ0) is 22.8. The van der Waals surface area contributed by atoms with Crippen LogP contribution < -0.4 is 4.72 Å². The number of hydrogen-bond donors (Lipinski definition) is 3. The molecule has 2 heterocycles. The van der Waals surface area contributed by atoms with Gasteiger partial charge in [0.15, 0.2) is 0 Å². The Morgan fingerprint density at radius 1 is 1.09 bits per heavy atom. The SMILES string of the molecule is O=S(O)NCc1cccc(C2CCN(Cc3cnn([C@@H]4c5ccccc5C[C@H]4O)c3)CC2)c1. The first-order chi connectivity index (χ1) is 16.1. The van der Waals surface area contributed by atoms with E-state index in [0.717, 1.165) is 38.0 Å². The zero-order valence-electron chi connectivity index (χ0n) is 18.5. The number of nitrogens with zero attached hydrogens (tertiary/aromatic N) is 3. The van der Waals surface area contributed by atoms with Gasteiger partial charge in [0.1, 0.15) is 6.04 Å². The second kappa shape index (κ2) is 9.87. The predicted octanol–water partition coefficient (Wildman–Crippen LogP) is 3.00. The van der Waals surface area contributed by atoms with Crippen LogP contribution in [0.3, 0.4) is 0 Å². The molecule has 1 saturated heterocycles. The largest absolute Gasteiger partial charge is 0.390 e. The summed E-state index contributed by atoms with van der Waals surface area (Å²) in [4.78, 5) is 2.47. The van der Waals surface area contributed by atoms with Gasteiger partial charge in [-0.05, 0) is 54.1 Å². The van der Waals surface area contributed by atoms with E-state index in [1.165, 1.54) is 22.3 Å². The highest BCUT2D eigenvalue weighted by Crippen LogP contribution is 2.34. The van der Waals surface area contributed by atoms with E-state index in [4.69, 9.17) is 4.55 Å². The number of aliphatic hydroxyl groups excluding tert-OH is 1. The molecule has 0 bridgehead atoms. The number of nitrogens with one attached hydrogen (secondary N) is 1. The van der Waals surface area contributed by atoms with Crippen molar-refractivity contribution in [3.05, 3.63) is 88.7 Å². The standard InChI is InChI=1S/C25H30N4O3S/c30-24-13-22-5-1-2-7-23(22)25(24)29-17-19(14-26-29)16-28-10-8-20(9-11-28)21-6-3-4-18(12-21)15-27-33(31)32/h1-7,12,14,17,20,24-25,27,30H,8-11,13,15-16H2,(H,31,32)/t24-,25-/m1/s1. The zero-order valence-corrected chi connectivity index (χ0v) is 19.3. The fourth-order valence-electron chi connectivity index (χ4n) is 5.27. The van der Waals surface area contributed by atoms with Gasteiger partial charge < -0.3 is 5.11 Å². The van der Waals surface area contributed by atoms with E-state index in [1.807, 2.05) is 35.1 Å². The van der Waals surface area contributed by atoms with Crippen LogP contribution in [0.2, 0.25) is 0 Å². The lowest BCUT2D eigenvalue weighted by molar-refractivity contribution is 0.138. The molecule has 1 aliphatic heterocycles. The number of aromatic nitrogens is 2. The van der Waals surface area contributed by atoms with E-state index in [0.29, 0.717) is 18.9 Å². The number of rotatable bonds is 7. The fraction of sp³-hybridized carbons (Fsp3) is 0.400. The number of piperidine rings is 1. The van der Waals surface area contributed by atoms with Gasteiger partial charge in [0.2, 0.25) is 11.3 Å². The molecule has 1 unspecified atom stereocenters. The van der Waals surface area contributed by atoms with Crippen LogP contribution in [0.4, 0.5) is 0 Å². The Morgan fingerprint density at radius 3 is 2.73 bits per heavy atom. The Morgan fingerprint density at radius 2 is 1.91 bits per heavy atom. The smallest absolute Gasteiger partial charge is 0.232 e. The lowest BCUT2D eigenvalue weighted by Crippen LogP contribution is -2.32. The fourth-order valence-corrected chi connectivity index (χ4v) is 5.56. The quantitative estimate of drug-likeness (QED) is 0.466. The van der Waals surface area contributed by atoms with Crippen LogP contribution >= 0.6 is 0 Å². The first-order valence-corrected chi connectivity index (χ1v) is 12.6. The third kappa shape index (κ3) is 5.10. The van der Waals surface area contributed by atoms with Gasteiger partial charge in [-0.25, -0.2) is 8.93 Å². The summed E-state index contributed by atoms with van der Waals surface area (Å²) in [5.41, 5.74) is 5.89. The number of benzene rings is 2. The summed E-state index contributed by atoms with van der Waals surface area (Å²) >= 11 is -1.99. The van der Waals surface area contributed by atoms with E-state index in [1.54, 1.807) is 0 Å². The van der Waals surface area contributed by atoms with Crippen molar-refractivity contribution in [2.75, 3.05) is 13.1 Å². The molecule has 1 aliphatic carbocycles. The van der Waals surface area contributed by atoms with Crippen LogP contribution in [0, 0.1) is 0 Å². The molecule has 0 saturated carbocycles. The van der Waals surface area contributed by atoms with Gasteiger partial charge in [0, 0.05) is 31.3 Å². The summed E-state index contributed by atoms with van der Waals surface area (Å²) in [5, 5.41) is 15.2. The van der Waals surface area contributed by atoms with Gasteiger partial charge in [-0.15, -0.1) is 0 Å². The first kappa shape index (κ1) is 22.4. The molecule has 0 amide bonds. The molecule has 8 heteroatoms. The molecule has 1 aromatic heterocycles. The van der Waals surface area contributed by atoms with E-state index >= 15 is 0 Å². The number of fused-ring (bicyclic) bond motifs is 1. The molecule has 3 aromatic rings. The maximum atomic E-state index is 10.9. The Balaban J connectivity index is 1.18. The maximum absolute atomic E-state index is 10.9. The Labute approximate surface area is 196 Å². The van der Waals surface area contributed by atoms with Crippen molar-refractivity contribution in [3.63, 3.8) is 0 Å². The Kier molecular flexibility index (Phi) is 6.71. The van der Waals surface area contributed by atoms with Crippen molar-refractivity contribution in [3.8, 4) is 0 Å². The second-order valence-corrected chi connectivity index (χ2v) is 9.90. The molecule has 1 fully saturated rings. The molecule has 2 aromatic carbocycles. The highest BCUT2D eigenvalue weighted by atomic mass is 32.2. The normalized spacial score (nSPS) is 22.4. The van der Waals surface area contributed by atoms with Crippen molar-refractivity contribution in [1.82, 2.24) is 19.4 Å². The van der Waals surface area contributed by atoms with Gasteiger partial charge in [-0.3, -0.25) is 14.1 Å². The first-order valence-electron chi connectivity index (χ1n) is 11.5. The van der Waals surface area contributed by atoms with Crippen LogP contribution in [0.25, 0.3) is 0 Å². The minimum absolute atomic E-state index is 0.106. The summed E-state index contributed by atoms with van der Waals surface area (Å²) in [6.07, 6.45) is 6.44. The molecule has 0 radical (unpaired) electrons. The number of aliphatic hydroxyl groups is 1. The maximum Gasteiger partial charge on any atom is 0.232 e. The molecule has 174 valence electrons. The molecule has 33 heavy (non-hydrogen) atoms. The number of hydrogen-bond acceptors (Lipinski definition) is 4. The molecule has 7 nitrogen and oxygen atoms in total. The van der Waals surface area contributed by atoms with Crippen LogP contribution in [-0.4, -0.2) is 47.7 Å². The van der Waals surface area contributed by atoms with E-state index in [9.17, 15) is 9.32 Å². The number of likely N-dealkylation sites (tertiary alicyclic amines) is 1. The van der Waals surface area contributed by atoms with Crippen molar-refractivity contribution in [2.24, 2.45) is 0 Å². The Hall–Kier alpha value is -2.36. The van der Waals surface area contributed by atoms with E-state index < -0.39 is 17.4 Å². The average molecular weight is 467 g/mol. The highest BCUT2D eigenvalue weighted by Gasteiger charge is 2.32. The van der Waals surface area contributed by atoms with E-state index in [-0.39, 0.29) is 6.04 Å². The highest BCUT2D eigenvalue weighted by molar-refractivity contribution is 7.77. The summed E-state index contributed by atoms with van der Waals surface area (Å²) in [5.74, 6) is 0.508. The van der Waals surface area contributed by atoms with Gasteiger partial charge >= 0.3 is 0 Å². The monoisotopic (exact) mass is 466 g/mol. The average Bonchev–Trinajstić information content (AvgIpc) is 3.41. The van der Waals surface area contributed by atoms with Crippen molar-refractivity contribution in [1.29, 1.82) is 0 Å². The minimum atomic E-state index is -1.99. The molecule has 0 spiro atoms. The third-order valence-corrected chi connectivity index (χ3v) is 7.31. The van der Waals surface area contributed by atoms with Crippen molar-refractivity contribution >= 4 is 11.3 Å². The lowest BCUT2D eigenvalue weighted by atomic mass is 9.88. The third-order valence-electron chi connectivity index (χ3n) is 6.92. The molecule has 5 rings (SSSR count). The van der Waals surface area contributed by atoms with Crippen molar-refractivity contribution in [2.45, 2.75) is 50.4 Å². The predicted molar refractivity (Wildman–Crippen MR) is 128 cm³/mol. The van der Waals surface area contributed by atoms with Crippen LogP contribution in [0.1, 0.15) is 52.6 Å². The lowest BCUT2D eigenvalue weighted by Gasteiger charge is -2.32. The summed E-state index contributed by atoms with van der Waals surface area (Å²) in [7, 11) is 0. The molecule has 3 atom stereocenters. The van der Waals surface area contributed by atoms with Gasteiger partial charge in [-0.2, -0.15) is 5.10 Å². The van der Waals surface area contributed by atoms with Gasteiger partial charge in [0.05, 0.1) is 12.3 Å². The topological polar surface area (TPSA) is 90.6 Å². The molecule has 2 aliphatic rings. The van der Waals surface area contributed by atoms with Crippen LogP contribution in [0.5, 0.6) is 0 Å². The van der Waals surface area contributed by atoms with Gasteiger partial charge in [-0.1, -0.05) is 48.5 Å². The Bertz CT molecular complexity index is 1130. The second-order valence-electron chi connectivity index (χ2n) is 9.11. The van der Waals surface area contributed by atoms with Crippen LogP contribution in [-0.2, 0) is 30.8 Å².